The molecule has 0 bridgehead atoms. The third-order valence-corrected chi connectivity index (χ3v) is 6.10. The number of hydrogen-bond donors (Lipinski definition) is 1. The minimum absolute atomic E-state index is 0.0673. The van der Waals surface area contributed by atoms with Crippen LogP contribution in [0.3, 0.4) is 0 Å². The van der Waals surface area contributed by atoms with E-state index in [1.807, 2.05) is 33.5 Å². The number of halogens is 2. The minimum atomic E-state index is -0.507. The zero-order valence-corrected chi connectivity index (χ0v) is 18.8. The quantitative estimate of drug-likeness (QED) is 0.382. The number of nitrogens with one attached hydrogen (secondary N) is 1. The standard InChI is InChI=1S/C25H18F2N6O2/c1-34-21-6-3-14-10-20(32-8-7-19-24(32)25(35-2)29-13-28-19)22-17(11-30-31-22)23(14)33(21)12-15-9-16(26)4-5-18(15)27/h3-11,13H,12H2,1-2H3/p+1. The van der Waals surface area contributed by atoms with Crippen LogP contribution in [0.25, 0.3) is 38.5 Å². The van der Waals surface area contributed by atoms with Gasteiger partial charge in [0.15, 0.2) is 6.54 Å². The van der Waals surface area contributed by atoms with E-state index in [9.17, 15) is 8.78 Å². The summed E-state index contributed by atoms with van der Waals surface area (Å²) in [5.41, 5.74) is 3.97. The molecule has 2 aromatic carbocycles. The van der Waals surface area contributed by atoms with Crippen molar-refractivity contribution in [1.82, 2.24) is 24.7 Å². The first-order chi connectivity index (χ1) is 17.1. The second-order valence-electron chi connectivity index (χ2n) is 7.99. The van der Waals surface area contributed by atoms with Crippen molar-refractivity contribution in [2.24, 2.45) is 0 Å². The Hall–Kier alpha value is -4.60. The molecule has 0 spiro atoms. The van der Waals surface area contributed by atoms with Crippen molar-refractivity contribution in [2.75, 3.05) is 14.2 Å². The molecule has 6 rings (SSSR count). The number of ether oxygens (including phenoxy) is 2. The highest BCUT2D eigenvalue weighted by Crippen LogP contribution is 2.33. The van der Waals surface area contributed by atoms with Crippen LogP contribution in [0.2, 0.25) is 0 Å². The molecule has 0 saturated heterocycles. The number of methoxy groups -OCH3 is 2. The third-order valence-electron chi connectivity index (χ3n) is 6.10. The molecule has 0 saturated carbocycles. The first-order valence-electron chi connectivity index (χ1n) is 10.8. The Labute approximate surface area is 197 Å². The second-order valence-corrected chi connectivity index (χ2v) is 7.99. The van der Waals surface area contributed by atoms with Crippen LogP contribution in [0.5, 0.6) is 11.8 Å². The minimum Gasteiger partial charge on any atom is -0.479 e. The van der Waals surface area contributed by atoms with E-state index < -0.39 is 11.6 Å². The predicted octanol–water partition coefficient (Wildman–Crippen LogP) is 4.08. The lowest BCUT2D eigenvalue weighted by Gasteiger charge is -2.12. The lowest BCUT2D eigenvalue weighted by molar-refractivity contribution is -0.667. The van der Waals surface area contributed by atoms with Crippen LogP contribution in [-0.2, 0) is 6.54 Å². The van der Waals surface area contributed by atoms with E-state index in [1.54, 1.807) is 26.5 Å². The summed E-state index contributed by atoms with van der Waals surface area (Å²) in [6.45, 7) is 0.0673. The molecule has 6 aromatic rings. The van der Waals surface area contributed by atoms with Gasteiger partial charge in [-0.15, -0.1) is 0 Å². The van der Waals surface area contributed by atoms with Gasteiger partial charge >= 0.3 is 5.88 Å². The number of pyridine rings is 1. The molecule has 4 heterocycles. The Morgan fingerprint density at radius 3 is 2.74 bits per heavy atom. The summed E-state index contributed by atoms with van der Waals surface area (Å²) in [5.74, 6) is -0.0615. The van der Waals surface area contributed by atoms with Crippen LogP contribution in [0.1, 0.15) is 5.56 Å². The van der Waals surface area contributed by atoms with Gasteiger partial charge in [0.25, 0.3) is 0 Å². The molecule has 0 fully saturated rings. The summed E-state index contributed by atoms with van der Waals surface area (Å²) in [6, 6.07) is 11.0. The van der Waals surface area contributed by atoms with Crippen molar-refractivity contribution in [2.45, 2.75) is 6.54 Å². The zero-order valence-electron chi connectivity index (χ0n) is 18.8. The summed E-state index contributed by atoms with van der Waals surface area (Å²) < 4.78 is 43.3. The molecule has 0 radical (unpaired) electrons. The molecule has 174 valence electrons. The number of aromatic nitrogens is 6. The fraction of sp³-hybridized carbons (Fsp3) is 0.120. The summed E-state index contributed by atoms with van der Waals surface area (Å²) in [6.07, 6.45) is 5.06. The van der Waals surface area contributed by atoms with Crippen LogP contribution in [0.4, 0.5) is 8.78 Å². The van der Waals surface area contributed by atoms with Gasteiger partial charge in [-0.3, -0.25) is 5.10 Å². The number of rotatable bonds is 5. The molecular formula is C25H19F2N6O2+. The van der Waals surface area contributed by atoms with Gasteiger partial charge in [0.1, 0.15) is 23.5 Å². The monoisotopic (exact) mass is 473 g/mol. The van der Waals surface area contributed by atoms with Gasteiger partial charge in [0.05, 0.1) is 54.2 Å². The van der Waals surface area contributed by atoms with E-state index in [4.69, 9.17) is 9.47 Å². The third kappa shape index (κ3) is 3.25. The van der Waals surface area contributed by atoms with Crippen molar-refractivity contribution >= 4 is 32.8 Å². The van der Waals surface area contributed by atoms with Gasteiger partial charge in [-0.2, -0.15) is 14.6 Å². The number of fused-ring (bicyclic) bond motifs is 4. The van der Waals surface area contributed by atoms with Gasteiger partial charge < -0.3 is 14.0 Å². The molecule has 0 aliphatic heterocycles. The van der Waals surface area contributed by atoms with E-state index in [1.165, 1.54) is 12.4 Å². The number of aromatic amines is 1. The lowest BCUT2D eigenvalue weighted by atomic mass is 10.1. The van der Waals surface area contributed by atoms with E-state index in [2.05, 4.69) is 20.2 Å². The average molecular weight is 473 g/mol. The van der Waals surface area contributed by atoms with Crippen molar-refractivity contribution in [3.63, 3.8) is 0 Å². The van der Waals surface area contributed by atoms with Gasteiger partial charge in [0, 0.05) is 11.6 Å². The highest BCUT2D eigenvalue weighted by Gasteiger charge is 2.25. The summed E-state index contributed by atoms with van der Waals surface area (Å²) >= 11 is 0. The van der Waals surface area contributed by atoms with E-state index >= 15 is 0 Å². The molecule has 0 atom stereocenters. The molecule has 35 heavy (non-hydrogen) atoms. The van der Waals surface area contributed by atoms with Crippen molar-refractivity contribution in [1.29, 1.82) is 0 Å². The highest BCUT2D eigenvalue weighted by atomic mass is 19.1. The molecule has 0 unspecified atom stereocenters. The fourth-order valence-electron chi connectivity index (χ4n) is 4.55. The second kappa shape index (κ2) is 8.01. The Balaban J connectivity index is 1.65. The van der Waals surface area contributed by atoms with Gasteiger partial charge in [0.2, 0.25) is 11.4 Å². The maximum atomic E-state index is 14.5. The Bertz CT molecular complexity index is 1740. The maximum absolute atomic E-state index is 14.5. The number of nitrogens with zero attached hydrogens (tertiary/aromatic N) is 5. The largest absolute Gasteiger partial charge is 0.479 e. The molecule has 10 heteroatoms. The topological polar surface area (TPSA) is 81.7 Å². The van der Waals surface area contributed by atoms with Crippen LogP contribution < -0.4 is 14.0 Å². The molecule has 0 amide bonds. The van der Waals surface area contributed by atoms with Crippen LogP contribution in [-0.4, -0.2) is 39.0 Å². The van der Waals surface area contributed by atoms with Crippen molar-refractivity contribution in [3.8, 4) is 17.4 Å². The smallest absolute Gasteiger partial charge is 0.368 e. The molecular weight excluding hydrogens is 454 g/mol. The first kappa shape index (κ1) is 21.0. The molecule has 0 aliphatic carbocycles. The molecule has 0 aliphatic rings. The Kier molecular flexibility index (Phi) is 4.80. The SMILES string of the molecule is COc1ncnc2ccn(-c3cc4ccc(OC)[n+](Cc5cc(F)ccc5F)c4c4cn[nH]c34)c12. The average Bonchev–Trinajstić information content (AvgIpc) is 3.53. The van der Waals surface area contributed by atoms with Crippen LogP contribution >= 0.6 is 0 Å². The number of H-pyrrole nitrogens is 1. The van der Waals surface area contributed by atoms with E-state index in [0.717, 1.165) is 45.1 Å². The van der Waals surface area contributed by atoms with Gasteiger partial charge in [-0.05, 0) is 36.4 Å². The molecule has 1 N–H and O–H groups in total. The summed E-state index contributed by atoms with van der Waals surface area (Å²) in [7, 11) is 3.10. The van der Waals surface area contributed by atoms with Crippen LogP contribution in [0, 0.1) is 11.6 Å². The first-order valence-corrected chi connectivity index (χ1v) is 10.8. The number of benzene rings is 2. The Morgan fingerprint density at radius 2 is 1.91 bits per heavy atom. The van der Waals surface area contributed by atoms with Crippen molar-refractivity contribution < 1.29 is 22.8 Å². The normalized spacial score (nSPS) is 11.5. The Morgan fingerprint density at radius 1 is 1.03 bits per heavy atom. The molecule has 8 nitrogen and oxygen atoms in total. The predicted molar refractivity (Wildman–Crippen MR) is 125 cm³/mol. The molecule has 4 aromatic heterocycles. The van der Waals surface area contributed by atoms with Gasteiger partial charge in [-0.25, -0.2) is 13.8 Å². The fourth-order valence-corrected chi connectivity index (χ4v) is 4.55. The van der Waals surface area contributed by atoms with Gasteiger partial charge in [-0.1, -0.05) is 0 Å². The summed E-state index contributed by atoms with van der Waals surface area (Å²) in [5, 5.41) is 9.00. The van der Waals surface area contributed by atoms with Crippen LogP contribution in [0.15, 0.2) is 61.2 Å². The van der Waals surface area contributed by atoms with E-state index in [-0.39, 0.29) is 12.1 Å². The van der Waals surface area contributed by atoms with Crippen molar-refractivity contribution in [3.05, 3.63) is 78.4 Å². The summed E-state index contributed by atoms with van der Waals surface area (Å²) in [4.78, 5) is 8.59. The number of hydrogen-bond acceptors (Lipinski definition) is 5. The maximum Gasteiger partial charge on any atom is 0.368 e. The van der Waals surface area contributed by atoms with E-state index in [0.29, 0.717) is 17.3 Å². The highest BCUT2D eigenvalue weighted by molar-refractivity contribution is 6.06. The zero-order chi connectivity index (χ0) is 24.1. The lowest BCUT2D eigenvalue weighted by Crippen LogP contribution is -2.37.